The number of halogens is 1. The van der Waals surface area contributed by atoms with Gasteiger partial charge < -0.3 is 5.32 Å². The van der Waals surface area contributed by atoms with Crippen molar-refractivity contribution in [3.63, 3.8) is 0 Å². The number of hydrogen-bond acceptors (Lipinski definition) is 2. The van der Waals surface area contributed by atoms with Gasteiger partial charge in [0.2, 0.25) is 5.91 Å². The first-order chi connectivity index (χ1) is 10.2. The van der Waals surface area contributed by atoms with Crippen LogP contribution >= 0.6 is 11.3 Å². The van der Waals surface area contributed by atoms with Gasteiger partial charge in [-0.15, -0.1) is 11.3 Å². The molecule has 1 amide bonds. The predicted octanol–water partition coefficient (Wildman–Crippen LogP) is 4.23. The summed E-state index contributed by atoms with van der Waals surface area (Å²) < 4.78 is 13.1. The maximum absolute atomic E-state index is 13.1. The van der Waals surface area contributed by atoms with Crippen LogP contribution in [0.2, 0.25) is 0 Å². The maximum atomic E-state index is 13.1. The molecular weight excluding hydrogens is 285 g/mol. The van der Waals surface area contributed by atoms with Gasteiger partial charge in [-0.1, -0.05) is 36.4 Å². The van der Waals surface area contributed by atoms with Gasteiger partial charge in [-0.2, -0.15) is 0 Å². The number of allylic oxidation sites excluding steroid dienone is 3. The van der Waals surface area contributed by atoms with Crippen LogP contribution in [0.5, 0.6) is 0 Å². The Hall–Kier alpha value is -2.20. The quantitative estimate of drug-likeness (QED) is 0.650. The van der Waals surface area contributed by atoms with Gasteiger partial charge in [0.25, 0.3) is 0 Å². The van der Waals surface area contributed by atoms with Gasteiger partial charge in [0, 0.05) is 11.0 Å². The van der Waals surface area contributed by atoms with E-state index in [-0.39, 0.29) is 17.8 Å². The molecule has 0 spiro atoms. The van der Waals surface area contributed by atoms with Crippen LogP contribution in [0, 0.1) is 5.82 Å². The van der Waals surface area contributed by atoms with Crippen LogP contribution in [0.15, 0.2) is 66.1 Å². The van der Waals surface area contributed by atoms with Gasteiger partial charge in [0.05, 0.1) is 6.04 Å². The Labute approximate surface area is 127 Å². The molecule has 0 bridgehead atoms. The fourth-order valence-electron chi connectivity index (χ4n) is 1.87. The standard InChI is InChI=1S/C17H16FNOS/c1-2-3-4-7-16(20)19-17(15-6-5-12-21-15)13-8-10-14(18)11-9-13/h2-12,17H,1H3,(H,19,20)/b3-2+,7-4+. The Balaban J connectivity index is 2.21. The van der Waals surface area contributed by atoms with E-state index >= 15 is 0 Å². The van der Waals surface area contributed by atoms with E-state index in [1.165, 1.54) is 18.2 Å². The summed E-state index contributed by atoms with van der Waals surface area (Å²) >= 11 is 1.55. The molecule has 0 aliphatic carbocycles. The molecule has 0 saturated carbocycles. The summed E-state index contributed by atoms with van der Waals surface area (Å²) in [7, 11) is 0. The first-order valence-electron chi connectivity index (χ1n) is 6.59. The van der Waals surface area contributed by atoms with Crippen molar-refractivity contribution in [1.82, 2.24) is 5.32 Å². The van der Waals surface area contributed by atoms with Crippen LogP contribution in [0.25, 0.3) is 0 Å². The van der Waals surface area contributed by atoms with Crippen molar-refractivity contribution in [2.45, 2.75) is 13.0 Å². The molecule has 0 saturated heterocycles. The van der Waals surface area contributed by atoms with E-state index in [0.29, 0.717) is 0 Å². The van der Waals surface area contributed by atoms with Crippen LogP contribution < -0.4 is 5.32 Å². The molecule has 108 valence electrons. The fraction of sp³-hybridized carbons (Fsp3) is 0.118. The molecule has 21 heavy (non-hydrogen) atoms. The highest BCUT2D eigenvalue weighted by Crippen LogP contribution is 2.26. The summed E-state index contributed by atoms with van der Waals surface area (Å²) in [5, 5.41) is 4.89. The molecule has 1 unspecified atom stereocenters. The topological polar surface area (TPSA) is 29.1 Å². The van der Waals surface area contributed by atoms with Gasteiger partial charge in [-0.25, -0.2) is 4.39 Å². The zero-order valence-corrected chi connectivity index (χ0v) is 12.4. The lowest BCUT2D eigenvalue weighted by atomic mass is 10.1. The monoisotopic (exact) mass is 301 g/mol. The second kappa shape index (κ2) is 7.55. The number of carbonyl (C=O) groups is 1. The third kappa shape index (κ3) is 4.39. The second-order valence-corrected chi connectivity index (χ2v) is 5.37. The average molecular weight is 301 g/mol. The minimum absolute atomic E-state index is 0.184. The van der Waals surface area contributed by atoms with Crippen LogP contribution in [0.1, 0.15) is 23.4 Å². The molecule has 4 heteroatoms. The molecule has 1 heterocycles. The van der Waals surface area contributed by atoms with Gasteiger partial charge in [-0.3, -0.25) is 4.79 Å². The Morgan fingerprint density at radius 3 is 2.62 bits per heavy atom. The average Bonchev–Trinajstić information content (AvgIpc) is 3.00. The van der Waals surface area contributed by atoms with Crippen LogP contribution in [0.4, 0.5) is 4.39 Å². The maximum Gasteiger partial charge on any atom is 0.244 e. The van der Waals surface area contributed by atoms with E-state index < -0.39 is 0 Å². The first-order valence-corrected chi connectivity index (χ1v) is 7.47. The zero-order valence-electron chi connectivity index (χ0n) is 11.6. The van der Waals surface area contributed by atoms with E-state index in [2.05, 4.69) is 5.32 Å². The third-order valence-electron chi connectivity index (χ3n) is 2.87. The van der Waals surface area contributed by atoms with Crippen molar-refractivity contribution in [1.29, 1.82) is 0 Å². The van der Waals surface area contributed by atoms with E-state index in [1.54, 1.807) is 35.6 Å². The number of amides is 1. The van der Waals surface area contributed by atoms with Crippen LogP contribution in [-0.2, 0) is 4.79 Å². The second-order valence-electron chi connectivity index (χ2n) is 4.39. The van der Waals surface area contributed by atoms with E-state index in [1.807, 2.05) is 30.5 Å². The normalized spacial score (nSPS) is 12.9. The fourth-order valence-corrected chi connectivity index (χ4v) is 2.68. The van der Waals surface area contributed by atoms with Gasteiger partial charge >= 0.3 is 0 Å². The van der Waals surface area contributed by atoms with E-state index in [0.717, 1.165) is 10.4 Å². The highest BCUT2D eigenvalue weighted by Gasteiger charge is 2.16. The lowest BCUT2D eigenvalue weighted by Crippen LogP contribution is -2.27. The zero-order chi connectivity index (χ0) is 15.1. The summed E-state index contributed by atoms with van der Waals surface area (Å²) in [4.78, 5) is 13.0. The van der Waals surface area contributed by atoms with Crippen molar-refractivity contribution in [3.05, 3.63) is 82.3 Å². The highest BCUT2D eigenvalue weighted by atomic mass is 32.1. The molecule has 1 aromatic carbocycles. The largest absolute Gasteiger partial charge is 0.341 e. The summed E-state index contributed by atoms with van der Waals surface area (Å²) in [6.07, 6.45) is 6.80. The molecule has 0 fully saturated rings. The van der Waals surface area contributed by atoms with Crippen LogP contribution in [-0.4, -0.2) is 5.91 Å². The smallest absolute Gasteiger partial charge is 0.244 e. The van der Waals surface area contributed by atoms with E-state index in [9.17, 15) is 9.18 Å². The van der Waals surface area contributed by atoms with Crippen molar-refractivity contribution in [3.8, 4) is 0 Å². The molecule has 1 aromatic heterocycles. The Morgan fingerprint density at radius 1 is 1.24 bits per heavy atom. The first kappa shape index (κ1) is 15.2. The van der Waals surface area contributed by atoms with Crippen molar-refractivity contribution >= 4 is 17.2 Å². The Bertz CT molecular complexity index is 629. The molecule has 0 aliphatic heterocycles. The predicted molar refractivity (Wildman–Crippen MR) is 84.7 cm³/mol. The Morgan fingerprint density at radius 2 is 2.00 bits per heavy atom. The lowest BCUT2D eigenvalue weighted by molar-refractivity contribution is -0.116. The molecular formula is C17H16FNOS. The Kier molecular flexibility index (Phi) is 5.46. The van der Waals surface area contributed by atoms with Crippen molar-refractivity contribution in [2.24, 2.45) is 0 Å². The number of rotatable bonds is 5. The number of nitrogens with one attached hydrogen (secondary N) is 1. The molecule has 0 aliphatic rings. The van der Waals surface area contributed by atoms with Crippen molar-refractivity contribution in [2.75, 3.05) is 0 Å². The number of carbonyl (C=O) groups excluding carboxylic acids is 1. The number of thiophene rings is 1. The number of hydrogen-bond donors (Lipinski definition) is 1. The molecule has 1 atom stereocenters. The summed E-state index contributed by atoms with van der Waals surface area (Å²) in [5.74, 6) is -0.473. The van der Waals surface area contributed by atoms with Crippen LogP contribution in [0.3, 0.4) is 0 Å². The van der Waals surface area contributed by atoms with Gasteiger partial charge in [-0.05, 0) is 36.1 Å². The molecule has 0 radical (unpaired) electrons. The minimum Gasteiger partial charge on any atom is -0.341 e. The molecule has 2 aromatic rings. The van der Waals surface area contributed by atoms with E-state index in [4.69, 9.17) is 0 Å². The SMILES string of the molecule is C/C=C/C=C/C(=O)NC(c1ccc(F)cc1)c1cccs1. The summed E-state index contributed by atoms with van der Waals surface area (Å²) in [6, 6.07) is 9.79. The van der Waals surface area contributed by atoms with Gasteiger partial charge in [0.15, 0.2) is 0 Å². The van der Waals surface area contributed by atoms with Gasteiger partial charge in [0.1, 0.15) is 5.82 Å². The highest BCUT2D eigenvalue weighted by molar-refractivity contribution is 7.10. The molecule has 2 nitrogen and oxygen atoms in total. The third-order valence-corrected chi connectivity index (χ3v) is 3.81. The summed E-state index contributed by atoms with van der Waals surface area (Å²) in [5.41, 5.74) is 0.853. The molecule has 1 N–H and O–H groups in total. The minimum atomic E-state index is -0.289. The lowest BCUT2D eigenvalue weighted by Gasteiger charge is -2.17. The summed E-state index contributed by atoms with van der Waals surface area (Å²) in [6.45, 7) is 1.88. The molecule has 2 rings (SSSR count). The number of benzene rings is 1. The van der Waals surface area contributed by atoms with Crippen molar-refractivity contribution < 1.29 is 9.18 Å².